The average molecular weight is 375 g/mol. The highest BCUT2D eigenvalue weighted by molar-refractivity contribution is 7.17. The summed E-state index contributed by atoms with van der Waals surface area (Å²) in [4.78, 5) is 18.5. The molecule has 140 valence electrons. The van der Waals surface area contributed by atoms with Gasteiger partial charge in [0.15, 0.2) is 5.82 Å². The molecule has 0 unspecified atom stereocenters. The van der Waals surface area contributed by atoms with Crippen LogP contribution < -0.4 is 5.32 Å². The maximum atomic E-state index is 12.8. The van der Waals surface area contributed by atoms with E-state index in [9.17, 15) is 4.79 Å². The zero-order valence-corrected chi connectivity index (χ0v) is 16.2. The lowest BCUT2D eigenvalue weighted by Crippen LogP contribution is -2.24. The highest BCUT2D eigenvalue weighted by atomic mass is 32.1. The first-order chi connectivity index (χ1) is 12.6. The van der Waals surface area contributed by atoms with Gasteiger partial charge in [0.2, 0.25) is 5.91 Å². The Labute approximate surface area is 157 Å². The topological polar surface area (TPSA) is 77.2 Å². The first-order valence-electron chi connectivity index (χ1n) is 9.50. The van der Waals surface area contributed by atoms with Crippen LogP contribution in [0.4, 0.5) is 5.00 Å². The van der Waals surface area contributed by atoms with Gasteiger partial charge >= 0.3 is 0 Å². The molecule has 2 aromatic rings. The third-order valence-corrected chi connectivity index (χ3v) is 6.33. The quantitative estimate of drug-likeness (QED) is 0.850. The second-order valence-electron chi connectivity index (χ2n) is 7.45. The summed E-state index contributed by atoms with van der Waals surface area (Å²) >= 11 is 1.58. The highest BCUT2D eigenvalue weighted by Crippen LogP contribution is 2.43. The van der Waals surface area contributed by atoms with E-state index in [1.807, 2.05) is 13.8 Å². The molecule has 1 amide bonds. The van der Waals surface area contributed by atoms with Crippen LogP contribution in [0.3, 0.4) is 0 Å². The Morgan fingerprint density at radius 3 is 2.81 bits per heavy atom. The molecule has 3 heterocycles. The van der Waals surface area contributed by atoms with Crippen molar-refractivity contribution in [3.8, 4) is 11.5 Å². The van der Waals surface area contributed by atoms with Gasteiger partial charge in [0.05, 0.1) is 18.8 Å². The molecule has 26 heavy (non-hydrogen) atoms. The predicted molar refractivity (Wildman–Crippen MR) is 100 cm³/mol. The van der Waals surface area contributed by atoms with Crippen LogP contribution in [0, 0.1) is 5.92 Å². The Bertz CT molecular complexity index is 790. The largest absolute Gasteiger partial charge is 0.376 e. The Morgan fingerprint density at radius 2 is 2.08 bits per heavy atom. The molecule has 1 aliphatic heterocycles. The van der Waals surface area contributed by atoms with Crippen molar-refractivity contribution < 1.29 is 14.1 Å². The van der Waals surface area contributed by atoms with Crippen molar-refractivity contribution in [2.45, 2.75) is 64.9 Å². The number of aromatic nitrogens is 2. The molecule has 4 rings (SSSR count). The van der Waals surface area contributed by atoms with Crippen molar-refractivity contribution in [2.75, 3.05) is 11.9 Å². The monoisotopic (exact) mass is 375 g/mol. The summed E-state index contributed by atoms with van der Waals surface area (Å²) in [5.74, 6) is 1.63. The van der Waals surface area contributed by atoms with E-state index in [2.05, 4.69) is 15.5 Å². The Morgan fingerprint density at radius 1 is 1.27 bits per heavy atom. The number of carbonyl (C=O) groups is 1. The van der Waals surface area contributed by atoms with Gasteiger partial charge in [-0.2, -0.15) is 4.98 Å². The van der Waals surface area contributed by atoms with Crippen molar-refractivity contribution in [3.63, 3.8) is 0 Å². The number of amides is 1. The van der Waals surface area contributed by atoms with Gasteiger partial charge in [-0.05, 0) is 24.8 Å². The van der Waals surface area contributed by atoms with E-state index in [0.717, 1.165) is 47.5 Å². The van der Waals surface area contributed by atoms with Crippen LogP contribution in [0.5, 0.6) is 0 Å². The third kappa shape index (κ3) is 3.42. The van der Waals surface area contributed by atoms with Crippen molar-refractivity contribution >= 4 is 22.2 Å². The summed E-state index contributed by atoms with van der Waals surface area (Å²) in [6, 6.07) is 0. The van der Waals surface area contributed by atoms with Crippen molar-refractivity contribution in [2.24, 2.45) is 5.92 Å². The van der Waals surface area contributed by atoms with Crippen molar-refractivity contribution in [1.82, 2.24) is 10.1 Å². The van der Waals surface area contributed by atoms with Crippen LogP contribution in [0.15, 0.2) is 4.52 Å². The normalized spacial score (nSPS) is 18.1. The second kappa shape index (κ2) is 7.48. The molecule has 0 bridgehead atoms. The van der Waals surface area contributed by atoms with Gasteiger partial charge in [-0.15, -0.1) is 11.3 Å². The minimum Gasteiger partial charge on any atom is -0.376 e. The summed E-state index contributed by atoms with van der Waals surface area (Å²) in [5.41, 5.74) is 2.08. The molecule has 1 aliphatic carbocycles. The molecule has 0 aromatic carbocycles. The fraction of sp³-hybridized carbons (Fsp3) is 0.632. The molecule has 1 fully saturated rings. The van der Waals surface area contributed by atoms with Gasteiger partial charge in [-0.1, -0.05) is 38.3 Å². The molecular formula is C19H25N3O3S. The van der Waals surface area contributed by atoms with Crippen LogP contribution in [0.1, 0.15) is 68.1 Å². The number of rotatable bonds is 4. The Hall–Kier alpha value is -1.73. The molecule has 0 atom stereocenters. The molecular weight excluding hydrogens is 350 g/mol. The van der Waals surface area contributed by atoms with E-state index in [1.54, 1.807) is 11.3 Å². The molecule has 1 N–H and O–H groups in total. The fourth-order valence-corrected chi connectivity index (χ4v) is 4.88. The van der Waals surface area contributed by atoms with Gasteiger partial charge in [0.25, 0.3) is 5.89 Å². The van der Waals surface area contributed by atoms with Gasteiger partial charge in [-0.25, -0.2) is 0 Å². The molecule has 0 radical (unpaired) electrons. The standard InChI is InChI=1S/C19H25N3O3S/c1-11(2)16-20-18(25-22-16)15-13-8-9-24-10-14(13)26-19(15)21-17(23)12-6-4-3-5-7-12/h11-12H,3-10H2,1-2H3,(H,21,23). The molecule has 1 saturated carbocycles. The lowest BCUT2D eigenvalue weighted by Gasteiger charge is -2.20. The Balaban J connectivity index is 1.67. The van der Waals surface area contributed by atoms with Crippen molar-refractivity contribution in [1.29, 1.82) is 0 Å². The minimum atomic E-state index is 0.112. The number of nitrogens with one attached hydrogen (secondary N) is 1. The summed E-state index contributed by atoms with van der Waals surface area (Å²) in [6.45, 7) is 5.34. The Kier molecular flexibility index (Phi) is 5.09. The molecule has 6 nitrogen and oxygen atoms in total. The van der Waals surface area contributed by atoms with E-state index in [1.165, 1.54) is 12.0 Å². The lowest BCUT2D eigenvalue weighted by molar-refractivity contribution is -0.120. The zero-order chi connectivity index (χ0) is 18.1. The molecule has 7 heteroatoms. The summed E-state index contributed by atoms with van der Waals surface area (Å²) < 4.78 is 11.2. The van der Waals surface area contributed by atoms with Gasteiger partial charge in [-0.3, -0.25) is 4.79 Å². The van der Waals surface area contributed by atoms with E-state index in [4.69, 9.17) is 9.26 Å². The van der Waals surface area contributed by atoms with E-state index in [0.29, 0.717) is 24.9 Å². The predicted octanol–water partition coefficient (Wildman–Crippen LogP) is 4.51. The van der Waals surface area contributed by atoms with Gasteiger partial charge < -0.3 is 14.6 Å². The summed E-state index contributed by atoms with van der Waals surface area (Å²) in [5, 5.41) is 8.10. The number of nitrogens with zero attached hydrogens (tertiary/aromatic N) is 2. The molecule has 2 aromatic heterocycles. The van der Waals surface area contributed by atoms with Gasteiger partial charge in [0.1, 0.15) is 5.00 Å². The van der Waals surface area contributed by atoms with E-state index < -0.39 is 0 Å². The third-order valence-electron chi connectivity index (χ3n) is 5.20. The lowest BCUT2D eigenvalue weighted by atomic mass is 9.88. The number of thiophene rings is 1. The van der Waals surface area contributed by atoms with E-state index in [-0.39, 0.29) is 17.7 Å². The number of hydrogen-bond donors (Lipinski definition) is 1. The van der Waals surface area contributed by atoms with Crippen LogP contribution in [0.2, 0.25) is 0 Å². The average Bonchev–Trinajstić information content (AvgIpc) is 3.26. The smallest absolute Gasteiger partial charge is 0.261 e. The van der Waals surface area contributed by atoms with Crippen LogP contribution in [0.25, 0.3) is 11.5 Å². The zero-order valence-electron chi connectivity index (χ0n) is 15.3. The first-order valence-corrected chi connectivity index (χ1v) is 10.3. The van der Waals surface area contributed by atoms with Crippen LogP contribution in [-0.4, -0.2) is 22.7 Å². The molecule has 2 aliphatic rings. The number of ether oxygens (including phenoxy) is 1. The molecule has 0 saturated heterocycles. The van der Waals surface area contributed by atoms with Crippen molar-refractivity contribution in [3.05, 3.63) is 16.3 Å². The van der Waals surface area contributed by atoms with Crippen LogP contribution >= 0.6 is 11.3 Å². The number of hydrogen-bond acceptors (Lipinski definition) is 6. The SMILES string of the molecule is CC(C)c1noc(-c2c(NC(=O)C3CCCCC3)sc3c2CCOC3)n1. The van der Waals surface area contributed by atoms with E-state index >= 15 is 0 Å². The minimum absolute atomic E-state index is 0.112. The first kappa shape index (κ1) is 17.7. The summed E-state index contributed by atoms with van der Waals surface area (Å²) in [6.07, 6.45) is 6.28. The number of anilines is 1. The second-order valence-corrected chi connectivity index (χ2v) is 8.55. The maximum absolute atomic E-state index is 12.8. The van der Waals surface area contributed by atoms with Crippen LogP contribution in [-0.2, 0) is 22.6 Å². The fourth-order valence-electron chi connectivity index (χ4n) is 3.70. The van der Waals surface area contributed by atoms with Gasteiger partial charge in [0, 0.05) is 16.7 Å². The maximum Gasteiger partial charge on any atom is 0.261 e. The number of carbonyl (C=O) groups excluding carboxylic acids is 1. The highest BCUT2D eigenvalue weighted by Gasteiger charge is 2.29. The molecule has 0 spiro atoms. The summed E-state index contributed by atoms with van der Waals surface area (Å²) in [7, 11) is 0. The number of fused-ring (bicyclic) bond motifs is 1.